The molecule has 0 unspecified atom stereocenters. The normalized spacial score (nSPS) is 10.7. The zero-order valence-corrected chi connectivity index (χ0v) is 15.4. The van der Waals surface area contributed by atoms with Gasteiger partial charge in [0.2, 0.25) is 5.91 Å². The Kier molecular flexibility index (Phi) is 7.48. The van der Waals surface area contributed by atoms with Crippen molar-refractivity contribution < 1.29 is 9.53 Å². The number of carbonyl (C=O) groups is 1. The molecule has 4 nitrogen and oxygen atoms in total. The molecule has 0 aliphatic rings. The summed E-state index contributed by atoms with van der Waals surface area (Å²) in [7, 11) is 1.96. The lowest BCUT2D eigenvalue weighted by molar-refractivity contribution is -0.122. The molecule has 0 aliphatic heterocycles. The largest absolute Gasteiger partial charge is 0.493 e. The second-order valence-electron chi connectivity index (χ2n) is 6.41. The van der Waals surface area contributed by atoms with Crippen molar-refractivity contribution in [1.82, 2.24) is 10.2 Å². The van der Waals surface area contributed by atoms with Crippen LogP contribution in [0.15, 0.2) is 48.5 Å². The van der Waals surface area contributed by atoms with Crippen LogP contribution < -0.4 is 10.1 Å². The molecule has 1 N–H and O–H groups in total. The summed E-state index contributed by atoms with van der Waals surface area (Å²) in [6, 6.07) is 16.1. The Morgan fingerprint density at radius 3 is 2.44 bits per heavy atom. The summed E-state index contributed by atoms with van der Waals surface area (Å²) >= 11 is 0. The number of amides is 1. The van der Waals surface area contributed by atoms with Crippen LogP contribution in [0, 0.1) is 13.8 Å². The van der Waals surface area contributed by atoms with E-state index in [4.69, 9.17) is 4.74 Å². The number of aryl methyl sites for hydroxylation is 2. The Balaban J connectivity index is 1.63. The van der Waals surface area contributed by atoms with Gasteiger partial charge in [-0.05, 0) is 50.1 Å². The van der Waals surface area contributed by atoms with Gasteiger partial charge < -0.3 is 10.1 Å². The molecule has 0 heterocycles. The fourth-order valence-corrected chi connectivity index (χ4v) is 2.62. The molecule has 0 saturated heterocycles. The summed E-state index contributed by atoms with van der Waals surface area (Å²) in [5, 5.41) is 2.98. The second-order valence-corrected chi connectivity index (χ2v) is 6.41. The van der Waals surface area contributed by atoms with E-state index in [1.807, 2.05) is 61.3 Å². The maximum Gasteiger partial charge on any atom is 0.234 e. The number of benzene rings is 2. The quantitative estimate of drug-likeness (QED) is 0.712. The van der Waals surface area contributed by atoms with Gasteiger partial charge in [0.1, 0.15) is 5.75 Å². The van der Waals surface area contributed by atoms with Gasteiger partial charge in [-0.25, -0.2) is 0 Å². The molecule has 2 aromatic rings. The average molecular weight is 340 g/mol. The van der Waals surface area contributed by atoms with Gasteiger partial charge >= 0.3 is 0 Å². The van der Waals surface area contributed by atoms with E-state index in [0.29, 0.717) is 19.7 Å². The van der Waals surface area contributed by atoms with Crippen LogP contribution in [-0.4, -0.2) is 37.6 Å². The van der Waals surface area contributed by atoms with Crippen molar-refractivity contribution in [2.75, 3.05) is 26.7 Å². The Bertz CT molecular complexity index is 685. The van der Waals surface area contributed by atoms with Gasteiger partial charge in [0.05, 0.1) is 13.2 Å². The highest BCUT2D eigenvalue weighted by Crippen LogP contribution is 2.16. The fraction of sp³-hybridized carbons (Fsp3) is 0.381. The summed E-state index contributed by atoms with van der Waals surface area (Å²) in [5.74, 6) is 0.978. The smallest absolute Gasteiger partial charge is 0.234 e. The predicted octanol–water partition coefficient (Wildman–Crippen LogP) is 3.32. The van der Waals surface area contributed by atoms with Gasteiger partial charge in [0.25, 0.3) is 0 Å². The minimum absolute atomic E-state index is 0.0468. The molecule has 4 heteroatoms. The van der Waals surface area contributed by atoms with E-state index in [1.54, 1.807) is 0 Å². The first kappa shape index (κ1) is 19.0. The summed E-state index contributed by atoms with van der Waals surface area (Å²) < 4.78 is 5.78. The highest BCUT2D eigenvalue weighted by Gasteiger charge is 2.07. The van der Waals surface area contributed by atoms with Crippen LogP contribution in [0.3, 0.4) is 0 Å². The summed E-state index contributed by atoms with van der Waals surface area (Å²) in [4.78, 5) is 14.1. The zero-order chi connectivity index (χ0) is 18.1. The van der Waals surface area contributed by atoms with Crippen molar-refractivity contribution in [1.29, 1.82) is 0 Å². The Labute approximate surface area is 150 Å². The minimum atomic E-state index is 0.0468. The lowest BCUT2D eigenvalue weighted by Gasteiger charge is -2.17. The Morgan fingerprint density at radius 2 is 1.72 bits per heavy atom. The average Bonchev–Trinajstić information content (AvgIpc) is 2.59. The molecule has 0 bridgehead atoms. The minimum Gasteiger partial charge on any atom is -0.493 e. The van der Waals surface area contributed by atoms with Crippen molar-refractivity contribution >= 4 is 5.91 Å². The molecular weight excluding hydrogens is 312 g/mol. The number of hydrogen-bond donors (Lipinski definition) is 1. The van der Waals surface area contributed by atoms with Crippen LogP contribution >= 0.6 is 0 Å². The van der Waals surface area contributed by atoms with E-state index in [1.165, 1.54) is 5.56 Å². The van der Waals surface area contributed by atoms with Gasteiger partial charge in [-0.1, -0.05) is 42.5 Å². The van der Waals surface area contributed by atoms with Gasteiger partial charge in [-0.2, -0.15) is 0 Å². The number of para-hydroxylation sites is 1. The topological polar surface area (TPSA) is 41.6 Å². The first-order valence-corrected chi connectivity index (χ1v) is 8.74. The maximum atomic E-state index is 12.1. The number of nitrogens with one attached hydrogen (secondary N) is 1. The number of likely N-dealkylation sites (N-methyl/N-ethyl adjacent to an activating group) is 1. The zero-order valence-electron chi connectivity index (χ0n) is 15.4. The van der Waals surface area contributed by atoms with Crippen molar-refractivity contribution in [3.63, 3.8) is 0 Å². The van der Waals surface area contributed by atoms with Gasteiger partial charge in [-0.15, -0.1) is 0 Å². The maximum absolute atomic E-state index is 12.1. The standard InChI is InChI=1S/C21H28N2O2/c1-17-9-4-6-11-19(17)15-22-21(24)16-23(3)13-8-14-25-20-12-7-5-10-18(20)2/h4-7,9-12H,8,13-16H2,1-3H3,(H,22,24). The van der Waals surface area contributed by atoms with Gasteiger partial charge in [0.15, 0.2) is 0 Å². The van der Waals surface area contributed by atoms with Crippen LogP contribution in [0.2, 0.25) is 0 Å². The van der Waals surface area contributed by atoms with Crippen molar-refractivity contribution in [3.05, 3.63) is 65.2 Å². The lowest BCUT2D eigenvalue weighted by atomic mass is 10.1. The molecule has 0 spiro atoms. The van der Waals surface area contributed by atoms with Crippen LogP contribution in [0.25, 0.3) is 0 Å². The van der Waals surface area contributed by atoms with Crippen molar-refractivity contribution in [2.45, 2.75) is 26.8 Å². The van der Waals surface area contributed by atoms with Crippen LogP contribution in [0.1, 0.15) is 23.1 Å². The predicted molar refractivity (Wildman–Crippen MR) is 102 cm³/mol. The third-order valence-electron chi connectivity index (χ3n) is 4.19. The van der Waals surface area contributed by atoms with Crippen LogP contribution in [-0.2, 0) is 11.3 Å². The fourth-order valence-electron chi connectivity index (χ4n) is 2.62. The number of nitrogens with zero attached hydrogens (tertiary/aromatic N) is 1. The van der Waals surface area contributed by atoms with Crippen molar-refractivity contribution in [2.24, 2.45) is 0 Å². The summed E-state index contributed by atoms with van der Waals surface area (Å²) in [6.45, 7) is 6.55. The van der Waals surface area contributed by atoms with E-state index >= 15 is 0 Å². The lowest BCUT2D eigenvalue weighted by Crippen LogP contribution is -2.35. The van der Waals surface area contributed by atoms with E-state index < -0.39 is 0 Å². The highest BCUT2D eigenvalue weighted by molar-refractivity contribution is 5.78. The molecule has 2 rings (SSSR count). The molecule has 0 saturated carbocycles. The van der Waals surface area contributed by atoms with E-state index in [2.05, 4.69) is 18.3 Å². The number of ether oxygens (including phenoxy) is 1. The summed E-state index contributed by atoms with van der Waals surface area (Å²) in [5.41, 5.74) is 3.50. The molecule has 0 atom stereocenters. The third-order valence-corrected chi connectivity index (χ3v) is 4.19. The molecule has 0 fully saturated rings. The molecule has 25 heavy (non-hydrogen) atoms. The monoisotopic (exact) mass is 340 g/mol. The first-order valence-electron chi connectivity index (χ1n) is 8.74. The second kappa shape index (κ2) is 9.84. The molecule has 0 aromatic heterocycles. The molecule has 0 radical (unpaired) electrons. The molecule has 1 amide bonds. The Morgan fingerprint density at radius 1 is 1.04 bits per heavy atom. The molecule has 0 aliphatic carbocycles. The SMILES string of the molecule is Cc1ccccc1CNC(=O)CN(C)CCCOc1ccccc1C. The van der Waals surface area contributed by atoms with Crippen molar-refractivity contribution in [3.8, 4) is 5.75 Å². The highest BCUT2D eigenvalue weighted by atomic mass is 16.5. The summed E-state index contributed by atoms with van der Waals surface area (Å²) in [6.07, 6.45) is 0.885. The molecule has 134 valence electrons. The third kappa shape index (κ3) is 6.59. The number of rotatable bonds is 9. The van der Waals surface area contributed by atoms with E-state index in [-0.39, 0.29) is 5.91 Å². The number of hydrogen-bond acceptors (Lipinski definition) is 3. The van der Waals surface area contributed by atoms with Gasteiger partial charge in [-0.3, -0.25) is 9.69 Å². The van der Waals surface area contributed by atoms with Gasteiger partial charge in [0, 0.05) is 13.1 Å². The molecule has 2 aromatic carbocycles. The molecular formula is C21H28N2O2. The number of carbonyl (C=O) groups excluding carboxylic acids is 1. The van der Waals surface area contributed by atoms with E-state index in [9.17, 15) is 4.79 Å². The van der Waals surface area contributed by atoms with Crippen LogP contribution in [0.4, 0.5) is 0 Å². The Hall–Kier alpha value is -2.33. The van der Waals surface area contributed by atoms with E-state index in [0.717, 1.165) is 29.8 Å². The first-order chi connectivity index (χ1) is 12.1. The van der Waals surface area contributed by atoms with Crippen LogP contribution in [0.5, 0.6) is 5.75 Å².